The van der Waals surface area contributed by atoms with E-state index in [2.05, 4.69) is 10.2 Å². The standard InChI is InChI=1S/C12H11ClN2O3/c1-2-11-14-15-12(18-11)7-17-10-4-3-8(6-16)5-9(10)13/h3-6H,2,7H2,1H3. The average Bonchev–Trinajstić information content (AvgIpc) is 2.85. The van der Waals surface area contributed by atoms with Gasteiger partial charge < -0.3 is 9.15 Å². The van der Waals surface area contributed by atoms with Crippen LogP contribution in [0, 0.1) is 0 Å². The monoisotopic (exact) mass is 266 g/mol. The Bertz CT molecular complexity index is 554. The molecule has 2 rings (SSSR count). The molecule has 1 aromatic heterocycles. The van der Waals surface area contributed by atoms with E-state index in [4.69, 9.17) is 20.8 Å². The third-order valence-electron chi connectivity index (χ3n) is 2.25. The van der Waals surface area contributed by atoms with Gasteiger partial charge in [-0.2, -0.15) is 0 Å². The molecule has 0 aliphatic heterocycles. The quantitative estimate of drug-likeness (QED) is 0.779. The van der Waals surface area contributed by atoms with Crippen LogP contribution in [0.15, 0.2) is 22.6 Å². The summed E-state index contributed by atoms with van der Waals surface area (Å²) in [6.45, 7) is 2.07. The first-order valence-corrected chi connectivity index (χ1v) is 5.79. The van der Waals surface area contributed by atoms with Crippen molar-refractivity contribution in [2.24, 2.45) is 0 Å². The van der Waals surface area contributed by atoms with Crippen LogP contribution >= 0.6 is 11.6 Å². The van der Waals surface area contributed by atoms with E-state index in [9.17, 15) is 4.79 Å². The highest BCUT2D eigenvalue weighted by atomic mass is 35.5. The number of carbonyl (C=O) groups excluding carboxylic acids is 1. The van der Waals surface area contributed by atoms with Gasteiger partial charge in [-0.05, 0) is 18.2 Å². The number of hydrogen-bond donors (Lipinski definition) is 0. The minimum atomic E-state index is 0.146. The molecule has 6 heteroatoms. The fourth-order valence-corrected chi connectivity index (χ4v) is 1.58. The van der Waals surface area contributed by atoms with Crippen molar-refractivity contribution in [3.8, 4) is 5.75 Å². The van der Waals surface area contributed by atoms with E-state index in [1.54, 1.807) is 12.1 Å². The van der Waals surface area contributed by atoms with E-state index >= 15 is 0 Å². The summed E-state index contributed by atoms with van der Waals surface area (Å²) >= 11 is 5.96. The Kier molecular flexibility index (Phi) is 3.94. The summed E-state index contributed by atoms with van der Waals surface area (Å²) in [5.74, 6) is 1.43. The van der Waals surface area contributed by atoms with Crippen LogP contribution in [0.3, 0.4) is 0 Å². The van der Waals surface area contributed by atoms with Gasteiger partial charge in [-0.3, -0.25) is 4.79 Å². The highest BCUT2D eigenvalue weighted by Crippen LogP contribution is 2.25. The lowest BCUT2D eigenvalue weighted by Gasteiger charge is -2.05. The molecule has 0 atom stereocenters. The number of benzene rings is 1. The maximum atomic E-state index is 10.6. The van der Waals surface area contributed by atoms with Gasteiger partial charge in [0.05, 0.1) is 5.02 Å². The molecular formula is C12H11ClN2O3. The summed E-state index contributed by atoms with van der Waals surface area (Å²) < 4.78 is 10.7. The first kappa shape index (κ1) is 12.6. The number of nitrogens with zero attached hydrogens (tertiary/aromatic N) is 2. The third-order valence-corrected chi connectivity index (χ3v) is 2.55. The Morgan fingerprint density at radius 3 is 2.78 bits per heavy atom. The van der Waals surface area contributed by atoms with Crippen molar-refractivity contribution in [1.82, 2.24) is 10.2 Å². The Balaban J connectivity index is 2.03. The molecule has 0 fully saturated rings. The summed E-state index contributed by atoms with van der Waals surface area (Å²) in [5.41, 5.74) is 0.499. The molecule has 0 saturated carbocycles. The normalized spacial score (nSPS) is 10.3. The van der Waals surface area contributed by atoms with Gasteiger partial charge in [-0.1, -0.05) is 18.5 Å². The number of aldehydes is 1. The van der Waals surface area contributed by atoms with Crippen molar-refractivity contribution < 1.29 is 13.9 Å². The lowest BCUT2D eigenvalue weighted by Crippen LogP contribution is -1.96. The molecule has 0 aliphatic rings. The van der Waals surface area contributed by atoms with Gasteiger partial charge in [0.15, 0.2) is 6.61 Å². The van der Waals surface area contributed by atoms with Crippen molar-refractivity contribution in [2.75, 3.05) is 0 Å². The fourth-order valence-electron chi connectivity index (χ4n) is 1.34. The van der Waals surface area contributed by atoms with Gasteiger partial charge >= 0.3 is 0 Å². The molecule has 0 radical (unpaired) electrons. The molecule has 5 nitrogen and oxygen atoms in total. The van der Waals surface area contributed by atoms with Gasteiger partial charge in [0.25, 0.3) is 5.89 Å². The Morgan fingerprint density at radius 1 is 1.39 bits per heavy atom. The van der Waals surface area contributed by atoms with Crippen molar-refractivity contribution in [3.05, 3.63) is 40.6 Å². The predicted octanol–water partition coefficient (Wildman–Crippen LogP) is 2.68. The van der Waals surface area contributed by atoms with Crippen LogP contribution in [0.25, 0.3) is 0 Å². The minimum absolute atomic E-state index is 0.146. The lowest BCUT2D eigenvalue weighted by molar-refractivity contribution is 0.112. The highest BCUT2D eigenvalue weighted by Gasteiger charge is 2.07. The maximum Gasteiger partial charge on any atom is 0.253 e. The molecule has 94 valence electrons. The van der Waals surface area contributed by atoms with Gasteiger partial charge in [0.1, 0.15) is 12.0 Å². The summed E-state index contributed by atoms with van der Waals surface area (Å²) in [4.78, 5) is 10.6. The number of carbonyl (C=O) groups is 1. The fraction of sp³-hybridized carbons (Fsp3) is 0.250. The van der Waals surface area contributed by atoms with Gasteiger partial charge in [-0.15, -0.1) is 10.2 Å². The van der Waals surface area contributed by atoms with E-state index in [1.165, 1.54) is 6.07 Å². The molecule has 1 aromatic carbocycles. The van der Waals surface area contributed by atoms with Crippen molar-refractivity contribution in [2.45, 2.75) is 20.0 Å². The van der Waals surface area contributed by atoms with Crippen LogP contribution in [0.1, 0.15) is 29.1 Å². The molecule has 0 spiro atoms. The molecule has 0 aliphatic carbocycles. The first-order valence-electron chi connectivity index (χ1n) is 5.41. The van der Waals surface area contributed by atoms with E-state index in [1.807, 2.05) is 6.92 Å². The van der Waals surface area contributed by atoms with Gasteiger partial charge in [0.2, 0.25) is 5.89 Å². The first-order chi connectivity index (χ1) is 8.72. The van der Waals surface area contributed by atoms with Crippen LogP contribution in [0.5, 0.6) is 5.75 Å². The van der Waals surface area contributed by atoms with E-state index in [0.29, 0.717) is 34.5 Å². The number of halogens is 1. The zero-order valence-electron chi connectivity index (χ0n) is 9.72. The molecular weight excluding hydrogens is 256 g/mol. The second-order valence-corrected chi connectivity index (χ2v) is 3.95. The summed E-state index contributed by atoms with van der Waals surface area (Å²) in [7, 11) is 0. The maximum absolute atomic E-state index is 10.6. The molecule has 0 unspecified atom stereocenters. The molecule has 2 aromatic rings. The SMILES string of the molecule is CCc1nnc(COc2ccc(C=O)cc2Cl)o1. The molecule has 18 heavy (non-hydrogen) atoms. The van der Waals surface area contributed by atoms with Crippen molar-refractivity contribution in [1.29, 1.82) is 0 Å². The minimum Gasteiger partial charge on any atom is -0.482 e. The third kappa shape index (κ3) is 2.87. The number of ether oxygens (including phenoxy) is 1. The van der Waals surface area contributed by atoms with E-state index in [0.717, 1.165) is 6.29 Å². The topological polar surface area (TPSA) is 65.2 Å². The van der Waals surface area contributed by atoms with Crippen molar-refractivity contribution in [3.63, 3.8) is 0 Å². The number of hydrogen-bond acceptors (Lipinski definition) is 5. The number of rotatable bonds is 5. The average molecular weight is 267 g/mol. The van der Waals surface area contributed by atoms with Crippen molar-refractivity contribution >= 4 is 17.9 Å². The Morgan fingerprint density at radius 2 is 2.17 bits per heavy atom. The second-order valence-electron chi connectivity index (χ2n) is 3.54. The lowest BCUT2D eigenvalue weighted by atomic mass is 10.2. The zero-order chi connectivity index (χ0) is 13.0. The zero-order valence-corrected chi connectivity index (χ0v) is 10.5. The van der Waals surface area contributed by atoms with Gasteiger partial charge in [0, 0.05) is 12.0 Å². The molecule has 0 amide bonds. The highest BCUT2D eigenvalue weighted by molar-refractivity contribution is 6.32. The van der Waals surface area contributed by atoms with Crippen LogP contribution in [-0.2, 0) is 13.0 Å². The Labute approximate surface area is 109 Å². The van der Waals surface area contributed by atoms with E-state index < -0.39 is 0 Å². The van der Waals surface area contributed by atoms with Crippen LogP contribution in [0.4, 0.5) is 0 Å². The second kappa shape index (κ2) is 5.64. The van der Waals surface area contributed by atoms with Crippen LogP contribution < -0.4 is 4.74 Å². The number of aryl methyl sites for hydroxylation is 1. The smallest absolute Gasteiger partial charge is 0.253 e. The van der Waals surface area contributed by atoms with Gasteiger partial charge in [-0.25, -0.2) is 0 Å². The van der Waals surface area contributed by atoms with Crippen LogP contribution in [-0.4, -0.2) is 16.5 Å². The summed E-state index contributed by atoms with van der Waals surface area (Å²) in [6, 6.07) is 4.79. The largest absolute Gasteiger partial charge is 0.482 e. The predicted molar refractivity (Wildman–Crippen MR) is 64.8 cm³/mol. The summed E-state index contributed by atoms with van der Waals surface area (Å²) in [6.07, 6.45) is 1.41. The number of aromatic nitrogens is 2. The molecule has 1 heterocycles. The molecule has 0 saturated heterocycles. The Hall–Kier alpha value is -1.88. The van der Waals surface area contributed by atoms with Crippen LogP contribution in [0.2, 0.25) is 5.02 Å². The van der Waals surface area contributed by atoms with E-state index in [-0.39, 0.29) is 6.61 Å². The summed E-state index contributed by atoms with van der Waals surface area (Å²) in [5, 5.41) is 8.02. The molecule has 0 N–H and O–H groups in total. The molecule has 0 bridgehead atoms.